The molecule has 1 heterocycles. The molecule has 0 radical (unpaired) electrons. The van der Waals surface area contributed by atoms with Gasteiger partial charge in [0.15, 0.2) is 0 Å². The molecule has 1 N–H and O–H groups in total. The summed E-state index contributed by atoms with van der Waals surface area (Å²) in [5.74, 6) is -0.166. The van der Waals surface area contributed by atoms with E-state index in [1.165, 1.54) is 12.6 Å². The molecular weight excluding hydrogens is 364 g/mol. The molecule has 154 valence electrons. The molecule has 1 aliphatic heterocycles. The number of hydrogen-bond acceptors (Lipinski definition) is 4. The summed E-state index contributed by atoms with van der Waals surface area (Å²) in [6, 6.07) is 15.7. The van der Waals surface area contributed by atoms with Crippen LogP contribution in [0.1, 0.15) is 18.9 Å². The molecule has 0 aromatic heterocycles. The van der Waals surface area contributed by atoms with Crippen molar-refractivity contribution in [3.05, 3.63) is 54.1 Å². The van der Waals surface area contributed by atoms with Gasteiger partial charge in [-0.1, -0.05) is 18.2 Å². The van der Waals surface area contributed by atoms with Crippen molar-refractivity contribution in [1.29, 1.82) is 0 Å². The number of likely N-dealkylation sites (N-methyl/N-ethyl adjacent to an activating group) is 1. The second kappa shape index (κ2) is 9.56. The van der Waals surface area contributed by atoms with Crippen LogP contribution >= 0.6 is 0 Å². The quantitative estimate of drug-likeness (QED) is 0.818. The van der Waals surface area contributed by atoms with Crippen molar-refractivity contribution in [2.45, 2.75) is 20.3 Å². The molecule has 3 rings (SSSR count). The maximum Gasteiger partial charge on any atom is 0.226 e. The van der Waals surface area contributed by atoms with Gasteiger partial charge in [-0.3, -0.25) is 9.59 Å². The van der Waals surface area contributed by atoms with Crippen LogP contribution < -0.4 is 15.1 Å². The van der Waals surface area contributed by atoms with Crippen molar-refractivity contribution in [1.82, 2.24) is 4.90 Å². The van der Waals surface area contributed by atoms with Gasteiger partial charge in [-0.15, -0.1) is 0 Å². The number of hydrogen-bond donors (Lipinski definition) is 1. The number of rotatable bonds is 6. The minimum atomic E-state index is -0.0976. The van der Waals surface area contributed by atoms with Crippen molar-refractivity contribution in [3.63, 3.8) is 0 Å². The first-order valence-electron chi connectivity index (χ1n) is 10.1. The summed E-state index contributed by atoms with van der Waals surface area (Å²) >= 11 is 0. The van der Waals surface area contributed by atoms with Crippen LogP contribution in [0.4, 0.5) is 17.1 Å². The molecule has 1 aliphatic rings. The van der Waals surface area contributed by atoms with E-state index in [0.717, 1.165) is 43.1 Å². The van der Waals surface area contributed by atoms with Crippen molar-refractivity contribution in [3.8, 4) is 0 Å². The highest BCUT2D eigenvalue weighted by atomic mass is 16.2. The summed E-state index contributed by atoms with van der Waals surface area (Å²) in [4.78, 5) is 30.9. The van der Waals surface area contributed by atoms with Crippen LogP contribution in [0.2, 0.25) is 0 Å². The number of nitrogens with one attached hydrogen (secondary N) is 1. The van der Waals surface area contributed by atoms with E-state index in [1.807, 2.05) is 43.3 Å². The van der Waals surface area contributed by atoms with Gasteiger partial charge >= 0.3 is 0 Å². The Hall–Kier alpha value is -2.86. The Morgan fingerprint density at radius 2 is 1.66 bits per heavy atom. The van der Waals surface area contributed by atoms with E-state index in [2.05, 4.69) is 34.3 Å². The fraction of sp³-hybridized carbons (Fsp3) is 0.391. The third-order valence-corrected chi connectivity index (χ3v) is 5.39. The SMILES string of the molecule is CC(=O)N(CCC(=O)Nc1ccccc1C)c1ccc(N2CCN(C)CC2)cc1. The van der Waals surface area contributed by atoms with Gasteiger partial charge in [0.25, 0.3) is 0 Å². The second-order valence-corrected chi connectivity index (χ2v) is 7.59. The molecule has 6 nitrogen and oxygen atoms in total. The molecule has 1 saturated heterocycles. The molecule has 0 saturated carbocycles. The first kappa shape index (κ1) is 20.9. The second-order valence-electron chi connectivity index (χ2n) is 7.59. The minimum Gasteiger partial charge on any atom is -0.369 e. The third-order valence-electron chi connectivity index (χ3n) is 5.39. The Bertz CT molecular complexity index is 842. The van der Waals surface area contributed by atoms with Crippen molar-refractivity contribution in [2.24, 2.45) is 0 Å². The summed E-state index contributed by atoms with van der Waals surface area (Å²) in [7, 11) is 2.14. The average molecular weight is 395 g/mol. The van der Waals surface area contributed by atoms with Gasteiger partial charge in [-0.2, -0.15) is 0 Å². The topological polar surface area (TPSA) is 55.9 Å². The zero-order valence-electron chi connectivity index (χ0n) is 17.5. The lowest BCUT2D eigenvalue weighted by Crippen LogP contribution is -2.44. The molecule has 2 amide bonds. The van der Waals surface area contributed by atoms with Crippen LogP contribution in [-0.4, -0.2) is 56.5 Å². The van der Waals surface area contributed by atoms with E-state index in [0.29, 0.717) is 6.54 Å². The van der Waals surface area contributed by atoms with Crippen LogP contribution in [0, 0.1) is 6.92 Å². The Labute approximate surface area is 173 Å². The van der Waals surface area contributed by atoms with Crippen molar-refractivity contribution < 1.29 is 9.59 Å². The highest BCUT2D eigenvalue weighted by Gasteiger charge is 2.17. The number of carbonyl (C=O) groups is 2. The number of carbonyl (C=O) groups excluding carboxylic acids is 2. The number of para-hydroxylation sites is 1. The maximum absolute atomic E-state index is 12.4. The Balaban J connectivity index is 1.60. The highest BCUT2D eigenvalue weighted by molar-refractivity contribution is 5.95. The Morgan fingerprint density at radius 3 is 2.28 bits per heavy atom. The van der Waals surface area contributed by atoms with Crippen molar-refractivity contribution >= 4 is 28.9 Å². The largest absolute Gasteiger partial charge is 0.369 e. The average Bonchev–Trinajstić information content (AvgIpc) is 2.71. The van der Waals surface area contributed by atoms with Gasteiger partial charge in [0.2, 0.25) is 11.8 Å². The normalized spacial score (nSPS) is 14.5. The molecule has 29 heavy (non-hydrogen) atoms. The molecular formula is C23H30N4O2. The van der Waals surface area contributed by atoms with E-state index < -0.39 is 0 Å². The number of anilines is 3. The number of nitrogens with zero attached hydrogens (tertiary/aromatic N) is 3. The number of aryl methyl sites for hydroxylation is 1. The predicted octanol–water partition coefficient (Wildman–Crippen LogP) is 3.13. The first-order chi connectivity index (χ1) is 13.9. The van der Waals surface area contributed by atoms with Gasteiger partial charge in [-0.25, -0.2) is 0 Å². The predicted molar refractivity (Wildman–Crippen MR) is 119 cm³/mol. The van der Waals surface area contributed by atoms with Crippen LogP contribution in [0.5, 0.6) is 0 Å². The number of benzene rings is 2. The summed E-state index contributed by atoms with van der Waals surface area (Å²) in [6.45, 7) is 7.96. The summed E-state index contributed by atoms with van der Waals surface area (Å²) in [5, 5.41) is 2.92. The van der Waals surface area contributed by atoms with E-state index >= 15 is 0 Å². The zero-order chi connectivity index (χ0) is 20.8. The molecule has 1 fully saturated rings. The standard InChI is InChI=1S/C23H30N4O2/c1-18-6-4-5-7-22(18)24-23(29)12-13-27(19(2)28)21-10-8-20(9-11-21)26-16-14-25(3)15-17-26/h4-11H,12-17H2,1-3H3,(H,24,29). The molecule has 0 bridgehead atoms. The summed E-state index contributed by atoms with van der Waals surface area (Å²) in [5.41, 5.74) is 3.81. The molecule has 6 heteroatoms. The van der Waals surface area contributed by atoms with Crippen LogP contribution in [-0.2, 0) is 9.59 Å². The lowest BCUT2D eigenvalue weighted by atomic mass is 10.2. The minimum absolute atomic E-state index is 0.0685. The van der Waals surface area contributed by atoms with Crippen molar-refractivity contribution in [2.75, 3.05) is 54.9 Å². The smallest absolute Gasteiger partial charge is 0.226 e. The molecule has 0 spiro atoms. The molecule has 2 aromatic rings. The summed E-state index contributed by atoms with van der Waals surface area (Å²) < 4.78 is 0. The maximum atomic E-state index is 12.4. The first-order valence-corrected chi connectivity index (χ1v) is 10.1. The van der Waals surface area contributed by atoms with E-state index in [9.17, 15) is 9.59 Å². The van der Waals surface area contributed by atoms with Gasteiger partial charge < -0.3 is 20.0 Å². The molecule has 0 unspecified atom stereocenters. The fourth-order valence-electron chi connectivity index (χ4n) is 3.52. The summed E-state index contributed by atoms with van der Waals surface area (Å²) in [6.07, 6.45) is 0.244. The fourth-order valence-corrected chi connectivity index (χ4v) is 3.52. The van der Waals surface area contributed by atoms with Crippen LogP contribution in [0.3, 0.4) is 0 Å². The van der Waals surface area contributed by atoms with E-state index in [1.54, 1.807) is 4.90 Å². The molecule has 0 aliphatic carbocycles. The lowest BCUT2D eigenvalue weighted by molar-refractivity contribution is -0.117. The third kappa shape index (κ3) is 5.57. The molecule has 2 aromatic carbocycles. The van der Waals surface area contributed by atoms with Gasteiger partial charge in [0.1, 0.15) is 0 Å². The van der Waals surface area contributed by atoms with E-state index in [4.69, 9.17) is 0 Å². The highest BCUT2D eigenvalue weighted by Crippen LogP contribution is 2.22. The van der Waals surface area contributed by atoms with Crippen LogP contribution in [0.25, 0.3) is 0 Å². The monoisotopic (exact) mass is 394 g/mol. The molecule has 0 atom stereocenters. The van der Waals surface area contributed by atoms with E-state index in [-0.39, 0.29) is 18.2 Å². The van der Waals surface area contributed by atoms with Gasteiger partial charge in [0, 0.05) is 63.1 Å². The lowest BCUT2D eigenvalue weighted by Gasteiger charge is -2.34. The number of amides is 2. The Morgan fingerprint density at radius 1 is 1.00 bits per heavy atom. The van der Waals surface area contributed by atoms with Gasteiger partial charge in [-0.05, 0) is 49.9 Å². The van der Waals surface area contributed by atoms with Crippen LogP contribution in [0.15, 0.2) is 48.5 Å². The zero-order valence-corrected chi connectivity index (χ0v) is 17.5. The van der Waals surface area contributed by atoms with Gasteiger partial charge in [0.05, 0.1) is 0 Å². The number of piperazine rings is 1. The Kier molecular flexibility index (Phi) is 6.88.